The zero-order chi connectivity index (χ0) is 13.8. The van der Waals surface area contributed by atoms with Crippen LogP contribution in [0.1, 0.15) is 26.2 Å². The van der Waals surface area contributed by atoms with Gasteiger partial charge < -0.3 is 19.6 Å². The fourth-order valence-corrected chi connectivity index (χ4v) is 2.78. The molecule has 2 atom stereocenters. The maximum atomic E-state index is 12.5. The third kappa shape index (κ3) is 3.18. The van der Waals surface area contributed by atoms with Crippen molar-refractivity contribution in [1.29, 1.82) is 0 Å². The van der Waals surface area contributed by atoms with Gasteiger partial charge in [-0.3, -0.25) is 4.79 Å². The molecular formula is C13H22N2O4. The molecule has 0 spiro atoms. The molecule has 108 valence electrons. The van der Waals surface area contributed by atoms with Gasteiger partial charge in [0.2, 0.25) is 0 Å². The van der Waals surface area contributed by atoms with Gasteiger partial charge in [0.05, 0.1) is 25.2 Å². The zero-order valence-electron chi connectivity index (χ0n) is 11.4. The quantitative estimate of drug-likeness (QED) is 0.813. The summed E-state index contributed by atoms with van der Waals surface area (Å²) in [5.41, 5.74) is 0. The highest BCUT2D eigenvalue weighted by Gasteiger charge is 2.33. The monoisotopic (exact) mass is 270 g/mol. The van der Waals surface area contributed by atoms with Crippen molar-refractivity contribution < 1.29 is 19.4 Å². The fraction of sp³-hybridized carbons (Fsp3) is 0.846. The van der Waals surface area contributed by atoms with Crippen molar-refractivity contribution in [3.63, 3.8) is 0 Å². The molecule has 0 aromatic carbocycles. The number of urea groups is 1. The van der Waals surface area contributed by atoms with E-state index in [1.165, 1.54) is 0 Å². The Labute approximate surface area is 113 Å². The average Bonchev–Trinajstić information content (AvgIpc) is 2.46. The Kier molecular flexibility index (Phi) is 4.63. The summed E-state index contributed by atoms with van der Waals surface area (Å²) in [4.78, 5) is 27.1. The maximum Gasteiger partial charge on any atom is 0.320 e. The van der Waals surface area contributed by atoms with Crippen LogP contribution in [0, 0.1) is 5.92 Å². The van der Waals surface area contributed by atoms with Crippen molar-refractivity contribution in [2.45, 2.75) is 32.2 Å². The smallest absolute Gasteiger partial charge is 0.320 e. The van der Waals surface area contributed by atoms with Crippen molar-refractivity contribution >= 4 is 12.0 Å². The second kappa shape index (κ2) is 6.23. The van der Waals surface area contributed by atoms with Crippen LogP contribution < -0.4 is 0 Å². The number of piperidine rings is 1. The average molecular weight is 270 g/mol. The molecule has 0 aromatic heterocycles. The number of hydrogen-bond donors (Lipinski definition) is 1. The molecule has 2 saturated heterocycles. The number of morpholine rings is 1. The summed E-state index contributed by atoms with van der Waals surface area (Å²) < 4.78 is 5.39. The molecule has 0 aromatic rings. The number of rotatable bonds is 2. The molecule has 1 unspecified atom stereocenters. The lowest BCUT2D eigenvalue weighted by Gasteiger charge is -2.40. The van der Waals surface area contributed by atoms with Crippen LogP contribution in [0.2, 0.25) is 0 Å². The normalized spacial score (nSPS) is 28.3. The topological polar surface area (TPSA) is 70.1 Å². The first-order valence-electron chi connectivity index (χ1n) is 6.99. The number of carbonyl (C=O) groups is 2. The number of carboxylic acids is 1. The van der Waals surface area contributed by atoms with E-state index in [4.69, 9.17) is 9.84 Å². The van der Waals surface area contributed by atoms with Gasteiger partial charge in [0.15, 0.2) is 0 Å². The van der Waals surface area contributed by atoms with E-state index in [2.05, 4.69) is 0 Å². The number of nitrogens with zero attached hydrogens (tertiary/aromatic N) is 2. The number of aliphatic carboxylic acids is 1. The van der Waals surface area contributed by atoms with Crippen LogP contribution in [-0.4, -0.2) is 65.8 Å². The first-order chi connectivity index (χ1) is 9.13. The minimum Gasteiger partial charge on any atom is -0.481 e. The second-order valence-corrected chi connectivity index (χ2v) is 5.24. The molecule has 0 bridgehead atoms. The number of ether oxygens (including phenoxy) is 1. The van der Waals surface area contributed by atoms with E-state index in [0.29, 0.717) is 39.3 Å². The highest BCUT2D eigenvalue weighted by atomic mass is 16.5. The van der Waals surface area contributed by atoms with Crippen molar-refractivity contribution in [2.24, 2.45) is 5.92 Å². The molecule has 6 heteroatoms. The van der Waals surface area contributed by atoms with Gasteiger partial charge in [-0.1, -0.05) is 6.92 Å². The highest BCUT2D eigenvalue weighted by Crippen LogP contribution is 2.20. The van der Waals surface area contributed by atoms with Crippen LogP contribution in [0.25, 0.3) is 0 Å². The highest BCUT2D eigenvalue weighted by molar-refractivity contribution is 5.77. The largest absolute Gasteiger partial charge is 0.481 e. The summed E-state index contributed by atoms with van der Waals surface area (Å²) >= 11 is 0. The van der Waals surface area contributed by atoms with Gasteiger partial charge in [-0.15, -0.1) is 0 Å². The van der Waals surface area contributed by atoms with Crippen LogP contribution in [-0.2, 0) is 9.53 Å². The minimum atomic E-state index is -0.800. The molecule has 0 radical (unpaired) electrons. The molecule has 19 heavy (non-hydrogen) atoms. The third-order valence-electron chi connectivity index (χ3n) is 3.99. The summed E-state index contributed by atoms with van der Waals surface area (Å²) in [5, 5.41) is 9.07. The van der Waals surface area contributed by atoms with E-state index in [1.54, 1.807) is 4.90 Å². The first-order valence-corrected chi connectivity index (χ1v) is 6.99. The van der Waals surface area contributed by atoms with Gasteiger partial charge in [0.25, 0.3) is 0 Å². The number of hydrogen-bond acceptors (Lipinski definition) is 3. The summed E-state index contributed by atoms with van der Waals surface area (Å²) in [6.07, 6.45) is 2.30. The van der Waals surface area contributed by atoms with E-state index in [1.807, 2.05) is 11.8 Å². The van der Waals surface area contributed by atoms with Crippen molar-refractivity contribution in [3.05, 3.63) is 0 Å². The molecule has 2 heterocycles. The molecule has 0 aliphatic carbocycles. The SMILES string of the molecule is CCC1COCCN1C(=O)N1CCC[C@H](C(=O)O)C1. The molecule has 2 rings (SSSR count). The lowest BCUT2D eigenvalue weighted by Crippen LogP contribution is -2.55. The Morgan fingerprint density at radius 1 is 1.37 bits per heavy atom. The standard InChI is InChI=1S/C13H22N2O4/c1-2-11-9-19-7-6-15(11)13(18)14-5-3-4-10(8-14)12(16)17/h10-11H,2-9H2,1H3,(H,16,17)/t10-,11?/m0/s1. The summed E-state index contributed by atoms with van der Waals surface area (Å²) in [6.45, 7) is 4.79. The molecule has 2 aliphatic heterocycles. The van der Waals surface area contributed by atoms with E-state index in [9.17, 15) is 9.59 Å². The lowest BCUT2D eigenvalue weighted by atomic mass is 9.98. The van der Waals surface area contributed by atoms with Gasteiger partial charge in [-0.25, -0.2) is 4.79 Å². The van der Waals surface area contributed by atoms with Crippen LogP contribution >= 0.6 is 0 Å². The predicted octanol–water partition coefficient (Wildman–Crippen LogP) is 1.01. The minimum absolute atomic E-state index is 0.0268. The Morgan fingerprint density at radius 3 is 2.84 bits per heavy atom. The third-order valence-corrected chi connectivity index (χ3v) is 3.99. The number of carbonyl (C=O) groups excluding carboxylic acids is 1. The van der Waals surface area contributed by atoms with Gasteiger partial charge >= 0.3 is 12.0 Å². The van der Waals surface area contributed by atoms with E-state index >= 15 is 0 Å². The fourth-order valence-electron chi connectivity index (χ4n) is 2.78. The van der Waals surface area contributed by atoms with Crippen molar-refractivity contribution in [1.82, 2.24) is 9.80 Å². The molecular weight excluding hydrogens is 248 g/mol. The summed E-state index contributed by atoms with van der Waals surface area (Å²) in [5.74, 6) is -1.22. The first kappa shape index (κ1) is 14.1. The molecule has 1 N–H and O–H groups in total. The van der Waals surface area contributed by atoms with E-state index < -0.39 is 11.9 Å². The molecule has 2 aliphatic rings. The Balaban J connectivity index is 1.99. The van der Waals surface area contributed by atoms with Crippen molar-refractivity contribution in [3.8, 4) is 0 Å². The molecule has 2 amide bonds. The van der Waals surface area contributed by atoms with E-state index in [-0.39, 0.29) is 12.1 Å². The summed E-state index contributed by atoms with van der Waals surface area (Å²) in [6, 6.07) is 0.0903. The van der Waals surface area contributed by atoms with Crippen LogP contribution in [0.3, 0.4) is 0 Å². The van der Waals surface area contributed by atoms with Crippen molar-refractivity contribution in [2.75, 3.05) is 32.8 Å². The van der Waals surface area contributed by atoms with Crippen LogP contribution in [0.5, 0.6) is 0 Å². The zero-order valence-corrected chi connectivity index (χ0v) is 11.4. The van der Waals surface area contributed by atoms with Gasteiger partial charge in [-0.2, -0.15) is 0 Å². The van der Waals surface area contributed by atoms with Gasteiger partial charge in [-0.05, 0) is 19.3 Å². The Bertz CT molecular complexity index is 348. The molecule has 2 fully saturated rings. The second-order valence-electron chi connectivity index (χ2n) is 5.24. The maximum absolute atomic E-state index is 12.5. The lowest BCUT2D eigenvalue weighted by molar-refractivity contribution is -0.143. The van der Waals surface area contributed by atoms with Gasteiger partial charge in [0, 0.05) is 19.6 Å². The summed E-state index contributed by atoms with van der Waals surface area (Å²) in [7, 11) is 0. The molecule has 6 nitrogen and oxygen atoms in total. The Morgan fingerprint density at radius 2 is 2.16 bits per heavy atom. The van der Waals surface area contributed by atoms with E-state index in [0.717, 1.165) is 12.8 Å². The Hall–Kier alpha value is -1.30. The number of likely N-dealkylation sites (tertiary alicyclic amines) is 1. The van der Waals surface area contributed by atoms with Gasteiger partial charge in [0.1, 0.15) is 0 Å². The molecule has 0 saturated carbocycles. The van der Waals surface area contributed by atoms with Crippen LogP contribution in [0.15, 0.2) is 0 Å². The number of carboxylic acid groups (broad SMARTS) is 1. The predicted molar refractivity (Wildman–Crippen MR) is 68.9 cm³/mol. The van der Waals surface area contributed by atoms with Crippen LogP contribution in [0.4, 0.5) is 4.79 Å². The number of amides is 2.